The summed E-state index contributed by atoms with van der Waals surface area (Å²) in [6, 6.07) is 12.1. The molecule has 12 heteroatoms. The van der Waals surface area contributed by atoms with Crippen molar-refractivity contribution in [1.82, 2.24) is 19.5 Å². The number of nitrogens with zero attached hydrogens (tertiary/aromatic N) is 3. The van der Waals surface area contributed by atoms with Crippen LogP contribution in [0.5, 0.6) is 0 Å². The summed E-state index contributed by atoms with van der Waals surface area (Å²) in [6.07, 6.45) is 5.52. The fraction of sp³-hybridized carbons (Fsp3) is 0.292. The van der Waals surface area contributed by atoms with Gasteiger partial charge in [-0.2, -0.15) is 4.31 Å². The highest BCUT2D eigenvalue weighted by Crippen LogP contribution is 2.31. The number of nitrogens with one attached hydrogen (secondary N) is 2. The molecule has 1 fully saturated rings. The van der Waals surface area contributed by atoms with Crippen molar-refractivity contribution in [3.8, 4) is 11.5 Å². The second-order valence-electron chi connectivity index (χ2n) is 8.42. The molecule has 5 rings (SSSR count). The van der Waals surface area contributed by atoms with Crippen molar-refractivity contribution in [2.75, 3.05) is 24.2 Å². The molecule has 0 aliphatic carbocycles. The Kier molecular flexibility index (Phi) is 7.33. The maximum absolute atomic E-state index is 13.1. The molecule has 4 aromatic rings. The molecule has 0 bridgehead atoms. The van der Waals surface area contributed by atoms with Crippen LogP contribution in [-0.2, 0) is 14.8 Å². The van der Waals surface area contributed by atoms with Gasteiger partial charge in [-0.3, -0.25) is 4.79 Å². The number of hydrogen-bond donors (Lipinski definition) is 2. The van der Waals surface area contributed by atoms with Gasteiger partial charge in [0.15, 0.2) is 0 Å². The summed E-state index contributed by atoms with van der Waals surface area (Å²) >= 11 is 7.33. The van der Waals surface area contributed by atoms with Crippen LogP contribution in [0.3, 0.4) is 0 Å². The van der Waals surface area contributed by atoms with Gasteiger partial charge in [-0.05, 0) is 37.1 Å². The minimum absolute atomic E-state index is 0.0189. The number of carbonyl (C=O) groups is 1. The highest BCUT2D eigenvalue weighted by Gasteiger charge is 2.26. The van der Waals surface area contributed by atoms with Crippen molar-refractivity contribution in [3.63, 3.8) is 0 Å². The monoisotopic (exact) mass is 545 g/mol. The van der Waals surface area contributed by atoms with E-state index in [2.05, 4.69) is 20.5 Å². The Bertz CT molecular complexity index is 1490. The lowest BCUT2D eigenvalue weighted by molar-refractivity contribution is -0.113. The van der Waals surface area contributed by atoms with Gasteiger partial charge in [0.05, 0.1) is 26.9 Å². The van der Waals surface area contributed by atoms with Crippen LogP contribution in [0.1, 0.15) is 25.7 Å². The minimum Gasteiger partial charge on any atom is -0.411 e. The summed E-state index contributed by atoms with van der Waals surface area (Å²) < 4.78 is 33.5. The summed E-state index contributed by atoms with van der Waals surface area (Å²) in [6.45, 7) is 0.988. The number of aromatic nitrogens is 3. The molecule has 0 radical (unpaired) electrons. The number of carbonyl (C=O) groups excluding carboxylic acids is 1. The van der Waals surface area contributed by atoms with Crippen LogP contribution in [0.25, 0.3) is 22.4 Å². The Morgan fingerprint density at radius 1 is 1.11 bits per heavy atom. The topological polar surface area (TPSA) is 121 Å². The maximum atomic E-state index is 13.1. The molecule has 0 unspecified atom stereocenters. The smallest absolute Gasteiger partial charge is 0.277 e. The van der Waals surface area contributed by atoms with E-state index in [9.17, 15) is 13.2 Å². The minimum atomic E-state index is -3.67. The second-order valence-corrected chi connectivity index (χ2v) is 11.7. The number of H-pyrrole nitrogens is 1. The van der Waals surface area contributed by atoms with Crippen molar-refractivity contribution in [2.24, 2.45) is 0 Å². The molecule has 2 N–H and O–H groups in total. The lowest BCUT2D eigenvalue weighted by atomic mass is 10.2. The summed E-state index contributed by atoms with van der Waals surface area (Å²) in [5.41, 5.74) is 1.98. The zero-order valence-electron chi connectivity index (χ0n) is 19.2. The largest absolute Gasteiger partial charge is 0.411 e. The predicted molar refractivity (Wildman–Crippen MR) is 140 cm³/mol. The van der Waals surface area contributed by atoms with Crippen LogP contribution in [0.2, 0.25) is 5.02 Å². The molecule has 9 nitrogen and oxygen atoms in total. The molecular weight excluding hydrogens is 522 g/mol. The van der Waals surface area contributed by atoms with Gasteiger partial charge in [0, 0.05) is 30.2 Å². The lowest BCUT2D eigenvalue weighted by Crippen LogP contribution is -2.32. The summed E-state index contributed by atoms with van der Waals surface area (Å²) in [5, 5.41) is 12.3. The number of thioether (sulfide) groups is 1. The molecule has 188 valence electrons. The Balaban J connectivity index is 1.24. The van der Waals surface area contributed by atoms with Crippen molar-refractivity contribution in [3.05, 3.63) is 53.7 Å². The zero-order chi connectivity index (χ0) is 25.1. The molecule has 0 saturated carbocycles. The highest BCUT2D eigenvalue weighted by molar-refractivity contribution is 7.99. The van der Waals surface area contributed by atoms with Crippen LogP contribution in [0.4, 0.5) is 5.69 Å². The van der Waals surface area contributed by atoms with Gasteiger partial charge < -0.3 is 14.7 Å². The second kappa shape index (κ2) is 10.6. The Morgan fingerprint density at radius 3 is 2.69 bits per heavy atom. The van der Waals surface area contributed by atoms with E-state index in [1.807, 2.05) is 24.3 Å². The predicted octanol–water partition coefficient (Wildman–Crippen LogP) is 5.17. The number of sulfonamides is 1. The molecule has 3 heterocycles. The molecule has 1 amide bonds. The molecule has 1 aliphatic heterocycles. The molecule has 36 heavy (non-hydrogen) atoms. The van der Waals surface area contributed by atoms with E-state index >= 15 is 0 Å². The first-order chi connectivity index (χ1) is 17.4. The lowest BCUT2D eigenvalue weighted by Gasteiger charge is -2.20. The average molecular weight is 546 g/mol. The van der Waals surface area contributed by atoms with Crippen LogP contribution in [0.15, 0.2) is 63.2 Å². The Labute approximate surface area is 217 Å². The van der Waals surface area contributed by atoms with Crippen molar-refractivity contribution in [1.29, 1.82) is 0 Å². The highest BCUT2D eigenvalue weighted by atomic mass is 35.5. The quantitative estimate of drug-likeness (QED) is 0.307. The maximum Gasteiger partial charge on any atom is 0.277 e. The summed E-state index contributed by atoms with van der Waals surface area (Å²) in [5.74, 6) is -0.0440. The van der Waals surface area contributed by atoms with Crippen molar-refractivity contribution >= 4 is 55.9 Å². The third-order valence-corrected chi connectivity index (χ3v) is 9.01. The van der Waals surface area contributed by atoms with E-state index in [-0.39, 0.29) is 32.5 Å². The first kappa shape index (κ1) is 24.8. The summed E-state index contributed by atoms with van der Waals surface area (Å²) in [4.78, 5) is 15.9. The number of amides is 1. The fourth-order valence-corrected chi connectivity index (χ4v) is 6.40. The van der Waals surface area contributed by atoms with Gasteiger partial charge in [-0.15, -0.1) is 10.2 Å². The van der Waals surface area contributed by atoms with Crippen LogP contribution in [-0.4, -0.2) is 52.7 Å². The number of rotatable bonds is 7. The molecule has 1 aliphatic rings. The standard InChI is InChI=1S/C24H24ClN5O4S2/c25-19-10-9-16(36(32,33)30-11-5-1-2-6-12-30)13-21(19)27-22(31)15-35-24-29-28-23(34-24)18-14-26-20-8-4-3-7-17(18)20/h3-4,7-10,13-14,26H,1-2,5-6,11-12,15H2,(H,27,31). The van der Waals surface area contributed by atoms with Gasteiger partial charge in [-0.25, -0.2) is 8.42 Å². The Morgan fingerprint density at radius 2 is 1.89 bits per heavy atom. The van der Waals surface area contributed by atoms with Crippen molar-refractivity contribution in [2.45, 2.75) is 35.8 Å². The van der Waals surface area contributed by atoms with Crippen molar-refractivity contribution < 1.29 is 17.6 Å². The molecule has 0 spiro atoms. The number of anilines is 1. The number of fused-ring (bicyclic) bond motifs is 1. The van der Waals surface area contributed by atoms with Gasteiger partial charge in [-0.1, -0.05) is 54.4 Å². The van der Waals surface area contributed by atoms with Gasteiger partial charge in [0.1, 0.15) is 0 Å². The van der Waals surface area contributed by atoms with Crippen LogP contribution in [0, 0.1) is 0 Å². The molecule has 2 aromatic heterocycles. The van der Waals surface area contributed by atoms with Crippen LogP contribution >= 0.6 is 23.4 Å². The molecule has 0 atom stereocenters. The van der Waals surface area contributed by atoms with E-state index in [0.29, 0.717) is 19.0 Å². The fourth-order valence-electron chi connectivity index (χ4n) is 4.13. The third kappa shape index (κ3) is 5.29. The molecule has 2 aromatic carbocycles. The molecule has 1 saturated heterocycles. The third-order valence-electron chi connectivity index (χ3n) is 5.97. The van der Waals surface area contributed by atoms with Gasteiger partial charge in [0.2, 0.25) is 15.9 Å². The first-order valence-electron chi connectivity index (χ1n) is 11.5. The van der Waals surface area contributed by atoms with Gasteiger partial charge in [0.25, 0.3) is 11.1 Å². The van der Waals surface area contributed by atoms with E-state index in [0.717, 1.165) is 53.9 Å². The van der Waals surface area contributed by atoms with Crippen LogP contribution < -0.4 is 5.32 Å². The van der Waals surface area contributed by atoms with E-state index < -0.39 is 10.0 Å². The number of para-hydroxylation sites is 1. The number of hydrogen-bond acceptors (Lipinski definition) is 7. The van der Waals surface area contributed by atoms with E-state index in [1.54, 1.807) is 6.20 Å². The number of benzene rings is 2. The zero-order valence-corrected chi connectivity index (χ0v) is 21.6. The average Bonchev–Trinajstić information content (AvgIpc) is 3.42. The Hall–Kier alpha value is -2.86. The summed E-state index contributed by atoms with van der Waals surface area (Å²) in [7, 11) is -3.67. The van der Waals surface area contributed by atoms with E-state index in [4.69, 9.17) is 16.0 Å². The number of aromatic amines is 1. The SMILES string of the molecule is O=C(CSc1nnc(-c2c[nH]c3ccccc23)o1)Nc1cc(S(=O)(=O)N2CCCCCC2)ccc1Cl. The van der Waals surface area contributed by atoms with E-state index in [1.165, 1.54) is 22.5 Å². The first-order valence-corrected chi connectivity index (χ1v) is 14.3. The normalized spacial score (nSPS) is 15.1. The van der Waals surface area contributed by atoms with Gasteiger partial charge >= 0.3 is 0 Å². The molecular formula is C24H24ClN5O4S2. The number of halogens is 1.